The van der Waals surface area contributed by atoms with Crippen molar-refractivity contribution in [2.24, 2.45) is 35.0 Å². The molecule has 0 saturated heterocycles. The van der Waals surface area contributed by atoms with E-state index in [-0.39, 0.29) is 18.1 Å². The molecule has 3 heteroatoms. The highest BCUT2D eigenvalue weighted by molar-refractivity contribution is 5.12. The van der Waals surface area contributed by atoms with Gasteiger partial charge in [-0.2, -0.15) is 0 Å². The van der Waals surface area contributed by atoms with Crippen molar-refractivity contribution in [2.45, 2.75) is 82.8 Å². The van der Waals surface area contributed by atoms with E-state index in [2.05, 4.69) is 6.92 Å². The Morgan fingerprint density at radius 1 is 0.913 bits per heavy atom. The summed E-state index contributed by atoms with van der Waals surface area (Å²) in [5.41, 5.74) is -0.630. The molecule has 0 aromatic carbocycles. The van der Waals surface area contributed by atoms with Gasteiger partial charge < -0.3 is 15.3 Å². The van der Waals surface area contributed by atoms with Gasteiger partial charge in [-0.05, 0) is 99.2 Å². The summed E-state index contributed by atoms with van der Waals surface area (Å²) in [6.07, 6.45) is 10.7. The lowest BCUT2D eigenvalue weighted by molar-refractivity contribution is -0.139. The van der Waals surface area contributed by atoms with Crippen LogP contribution < -0.4 is 0 Å². The van der Waals surface area contributed by atoms with Crippen molar-refractivity contribution in [3.05, 3.63) is 0 Å². The highest BCUT2D eigenvalue weighted by Crippen LogP contribution is 2.65. The van der Waals surface area contributed by atoms with Gasteiger partial charge in [-0.1, -0.05) is 6.92 Å². The predicted molar refractivity (Wildman–Crippen MR) is 89.8 cm³/mol. The van der Waals surface area contributed by atoms with E-state index < -0.39 is 5.60 Å². The van der Waals surface area contributed by atoms with E-state index in [1.54, 1.807) is 0 Å². The first-order valence-electron chi connectivity index (χ1n) is 10.00. The Morgan fingerprint density at radius 2 is 1.70 bits per heavy atom. The van der Waals surface area contributed by atoms with Gasteiger partial charge in [0.15, 0.2) is 0 Å². The minimum Gasteiger partial charge on any atom is -0.396 e. The van der Waals surface area contributed by atoms with Crippen LogP contribution in [0.3, 0.4) is 0 Å². The lowest BCUT2D eigenvalue weighted by Gasteiger charge is -2.57. The lowest BCUT2D eigenvalue weighted by atomic mass is 9.49. The molecule has 4 rings (SSSR count). The van der Waals surface area contributed by atoms with Crippen LogP contribution in [-0.2, 0) is 0 Å². The minimum atomic E-state index is -0.642. The summed E-state index contributed by atoms with van der Waals surface area (Å²) in [5, 5.41) is 30.6. The van der Waals surface area contributed by atoms with Crippen LogP contribution in [-0.4, -0.2) is 33.6 Å². The molecule has 0 aromatic heterocycles. The molecule has 0 spiro atoms. The van der Waals surface area contributed by atoms with Gasteiger partial charge in [0, 0.05) is 6.61 Å². The number of hydrogen-bond acceptors (Lipinski definition) is 3. The SMILES string of the molecule is C[C@]12CC[C@H]3[C@@H](CC[C@H]4C[C@H](O)CC[C@@H]43)[C@@H]1CC[C@@]2(O)CCO. The zero-order valence-electron chi connectivity index (χ0n) is 14.6. The normalized spacial score (nSPS) is 55.8. The molecule has 0 unspecified atom stereocenters. The van der Waals surface area contributed by atoms with Crippen LogP contribution in [0, 0.1) is 35.0 Å². The molecule has 4 fully saturated rings. The van der Waals surface area contributed by atoms with Crippen LogP contribution in [0.5, 0.6) is 0 Å². The third-order valence-corrected chi connectivity index (χ3v) is 8.77. The van der Waals surface area contributed by atoms with E-state index in [0.29, 0.717) is 12.3 Å². The van der Waals surface area contributed by atoms with Crippen molar-refractivity contribution >= 4 is 0 Å². The third-order valence-electron chi connectivity index (χ3n) is 8.77. The maximum atomic E-state index is 11.2. The van der Waals surface area contributed by atoms with Gasteiger partial charge in [0.05, 0.1) is 11.7 Å². The Balaban J connectivity index is 1.56. The summed E-state index contributed by atoms with van der Waals surface area (Å²) in [7, 11) is 0. The van der Waals surface area contributed by atoms with Crippen molar-refractivity contribution in [2.75, 3.05) is 6.61 Å². The zero-order valence-corrected chi connectivity index (χ0v) is 14.6. The molecule has 0 aliphatic heterocycles. The molecule has 4 aliphatic rings. The standard InChI is InChI=1S/C20H34O3/c1-19-8-6-16-15-5-3-14(22)12-13(15)2-4-17(16)18(19)7-9-20(19,23)10-11-21/h13-18,21-23H,2-12H2,1H3/t13-,14+,15-,16+,17+,18-,19-,20+/m0/s1. The molecule has 8 atom stereocenters. The van der Waals surface area contributed by atoms with Gasteiger partial charge in [-0.15, -0.1) is 0 Å². The fourth-order valence-electron chi connectivity index (χ4n) is 7.53. The number of hydrogen-bond donors (Lipinski definition) is 3. The fraction of sp³-hybridized carbons (Fsp3) is 1.00. The third kappa shape index (κ3) is 2.33. The maximum absolute atomic E-state index is 11.2. The van der Waals surface area contributed by atoms with Gasteiger partial charge in [0.25, 0.3) is 0 Å². The van der Waals surface area contributed by atoms with Crippen LogP contribution in [0.4, 0.5) is 0 Å². The maximum Gasteiger partial charge on any atom is 0.0725 e. The van der Waals surface area contributed by atoms with Crippen molar-refractivity contribution in [1.29, 1.82) is 0 Å². The molecule has 0 radical (unpaired) electrons. The summed E-state index contributed by atoms with van der Waals surface area (Å²) >= 11 is 0. The van der Waals surface area contributed by atoms with Gasteiger partial charge >= 0.3 is 0 Å². The summed E-state index contributed by atoms with van der Waals surface area (Å²) < 4.78 is 0. The van der Waals surface area contributed by atoms with E-state index in [0.717, 1.165) is 55.8 Å². The van der Waals surface area contributed by atoms with Crippen LogP contribution >= 0.6 is 0 Å². The number of aliphatic hydroxyl groups excluding tert-OH is 2. The van der Waals surface area contributed by atoms with E-state index in [1.807, 2.05) is 0 Å². The lowest BCUT2D eigenvalue weighted by Crippen LogP contribution is -2.54. The van der Waals surface area contributed by atoms with E-state index in [4.69, 9.17) is 0 Å². The second-order valence-corrected chi connectivity index (χ2v) is 9.40. The Labute approximate surface area is 140 Å². The Kier molecular flexibility index (Phi) is 4.06. The quantitative estimate of drug-likeness (QED) is 0.732. The first kappa shape index (κ1) is 16.4. The molecular formula is C20H34O3. The van der Waals surface area contributed by atoms with Crippen molar-refractivity contribution in [1.82, 2.24) is 0 Å². The fourth-order valence-corrected chi connectivity index (χ4v) is 7.53. The highest BCUT2D eigenvalue weighted by Gasteiger charge is 2.62. The summed E-state index contributed by atoms with van der Waals surface area (Å²) in [4.78, 5) is 0. The smallest absolute Gasteiger partial charge is 0.0725 e. The van der Waals surface area contributed by atoms with Gasteiger partial charge in [0.1, 0.15) is 0 Å². The van der Waals surface area contributed by atoms with Crippen molar-refractivity contribution < 1.29 is 15.3 Å². The second kappa shape index (κ2) is 5.71. The molecule has 0 heterocycles. The Morgan fingerprint density at radius 3 is 2.48 bits per heavy atom. The topological polar surface area (TPSA) is 60.7 Å². The molecule has 132 valence electrons. The predicted octanol–water partition coefficient (Wildman–Crippen LogP) is 3.11. The largest absolute Gasteiger partial charge is 0.396 e. The van der Waals surface area contributed by atoms with E-state index in [9.17, 15) is 15.3 Å². The van der Waals surface area contributed by atoms with Crippen LogP contribution in [0.2, 0.25) is 0 Å². The van der Waals surface area contributed by atoms with Crippen LogP contribution in [0.15, 0.2) is 0 Å². The minimum absolute atomic E-state index is 0.0118. The highest BCUT2D eigenvalue weighted by atomic mass is 16.3. The average Bonchev–Trinajstić information content (AvgIpc) is 2.79. The molecule has 0 aromatic rings. The summed E-state index contributed by atoms with van der Waals surface area (Å²) in [6, 6.07) is 0. The average molecular weight is 322 g/mol. The zero-order chi connectivity index (χ0) is 16.2. The van der Waals surface area contributed by atoms with Gasteiger partial charge in [-0.25, -0.2) is 0 Å². The Hall–Kier alpha value is -0.120. The van der Waals surface area contributed by atoms with E-state index in [1.165, 1.54) is 25.7 Å². The summed E-state index contributed by atoms with van der Waals surface area (Å²) in [6.45, 7) is 2.42. The van der Waals surface area contributed by atoms with Crippen molar-refractivity contribution in [3.8, 4) is 0 Å². The molecule has 0 bridgehead atoms. The van der Waals surface area contributed by atoms with Crippen molar-refractivity contribution in [3.63, 3.8) is 0 Å². The van der Waals surface area contributed by atoms with Gasteiger partial charge in [0.2, 0.25) is 0 Å². The molecule has 3 N–H and O–H groups in total. The molecular weight excluding hydrogens is 288 g/mol. The van der Waals surface area contributed by atoms with Crippen LogP contribution in [0.25, 0.3) is 0 Å². The van der Waals surface area contributed by atoms with E-state index >= 15 is 0 Å². The first-order valence-corrected chi connectivity index (χ1v) is 10.00. The van der Waals surface area contributed by atoms with Crippen LogP contribution in [0.1, 0.15) is 71.1 Å². The molecule has 23 heavy (non-hydrogen) atoms. The molecule has 3 nitrogen and oxygen atoms in total. The first-order chi connectivity index (χ1) is 11.0. The number of fused-ring (bicyclic) bond motifs is 5. The second-order valence-electron chi connectivity index (χ2n) is 9.40. The molecule has 4 saturated carbocycles. The molecule has 4 aliphatic carbocycles. The number of rotatable bonds is 2. The molecule has 0 amide bonds. The Bertz CT molecular complexity index is 452. The summed E-state index contributed by atoms with van der Waals surface area (Å²) in [5.74, 6) is 3.83. The van der Waals surface area contributed by atoms with Gasteiger partial charge in [-0.3, -0.25) is 0 Å². The monoisotopic (exact) mass is 322 g/mol. The number of aliphatic hydroxyl groups is 3.